The summed E-state index contributed by atoms with van der Waals surface area (Å²) in [6, 6.07) is 2.91. The standard InChI is InChI=1S/C10H17NO3S2/c1-7(2)9(6-12)11-16(13,14)10-5-4-8(3)15-10/h4-5,7,9,11-12H,6H2,1-3H3. The van der Waals surface area contributed by atoms with Gasteiger partial charge in [0, 0.05) is 10.9 Å². The average molecular weight is 263 g/mol. The normalized spacial score (nSPS) is 14.3. The lowest BCUT2D eigenvalue weighted by molar-refractivity contribution is 0.228. The van der Waals surface area contributed by atoms with Crippen LogP contribution < -0.4 is 4.72 Å². The van der Waals surface area contributed by atoms with Gasteiger partial charge in [-0.15, -0.1) is 11.3 Å². The van der Waals surface area contributed by atoms with Crippen LogP contribution in [0, 0.1) is 12.8 Å². The number of aliphatic hydroxyl groups is 1. The zero-order valence-electron chi connectivity index (χ0n) is 9.60. The van der Waals surface area contributed by atoms with E-state index in [2.05, 4.69) is 4.72 Å². The van der Waals surface area contributed by atoms with Crippen LogP contribution in [0.1, 0.15) is 18.7 Å². The van der Waals surface area contributed by atoms with Crippen LogP contribution in [-0.4, -0.2) is 26.2 Å². The van der Waals surface area contributed by atoms with Crippen LogP contribution in [0.4, 0.5) is 0 Å². The molecule has 1 aromatic rings. The maximum atomic E-state index is 11.9. The lowest BCUT2D eigenvalue weighted by Gasteiger charge is -2.19. The van der Waals surface area contributed by atoms with E-state index in [-0.39, 0.29) is 12.5 Å². The minimum atomic E-state index is -3.49. The first-order valence-electron chi connectivity index (χ1n) is 5.06. The Balaban J connectivity index is 2.87. The Bertz CT molecular complexity index is 437. The molecule has 0 amide bonds. The van der Waals surface area contributed by atoms with E-state index in [0.717, 1.165) is 4.88 Å². The van der Waals surface area contributed by atoms with E-state index >= 15 is 0 Å². The van der Waals surface area contributed by atoms with Gasteiger partial charge < -0.3 is 5.11 Å². The Labute approximate surface area is 100 Å². The maximum absolute atomic E-state index is 11.9. The smallest absolute Gasteiger partial charge is 0.250 e. The van der Waals surface area contributed by atoms with Crippen molar-refractivity contribution in [3.8, 4) is 0 Å². The van der Waals surface area contributed by atoms with E-state index in [0.29, 0.717) is 4.21 Å². The molecule has 0 bridgehead atoms. The molecule has 1 aromatic heterocycles. The highest BCUT2D eigenvalue weighted by molar-refractivity contribution is 7.91. The van der Waals surface area contributed by atoms with Gasteiger partial charge in [0.2, 0.25) is 10.0 Å². The topological polar surface area (TPSA) is 66.4 Å². The Hall–Kier alpha value is -0.430. The van der Waals surface area contributed by atoms with E-state index < -0.39 is 16.1 Å². The minimum absolute atomic E-state index is 0.0563. The Morgan fingerprint density at radius 1 is 1.44 bits per heavy atom. The molecule has 6 heteroatoms. The van der Waals surface area contributed by atoms with Crippen molar-refractivity contribution in [1.29, 1.82) is 0 Å². The molecule has 0 aliphatic rings. The summed E-state index contributed by atoms with van der Waals surface area (Å²) in [5.41, 5.74) is 0. The predicted molar refractivity (Wildman–Crippen MR) is 65.1 cm³/mol. The molecular formula is C10H17NO3S2. The second-order valence-corrected chi connectivity index (χ2v) is 7.25. The van der Waals surface area contributed by atoms with E-state index in [9.17, 15) is 8.42 Å². The first-order chi connectivity index (χ1) is 7.36. The van der Waals surface area contributed by atoms with Crippen LogP contribution in [0.15, 0.2) is 16.3 Å². The fourth-order valence-corrected chi connectivity index (χ4v) is 3.87. The summed E-state index contributed by atoms with van der Waals surface area (Å²) in [7, 11) is -3.49. The molecule has 0 spiro atoms. The van der Waals surface area contributed by atoms with Crippen LogP contribution in [-0.2, 0) is 10.0 Å². The molecule has 0 saturated carbocycles. The zero-order valence-corrected chi connectivity index (χ0v) is 11.2. The molecular weight excluding hydrogens is 246 g/mol. The first kappa shape index (κ1) is 13.6. The molecule has 0 aliphatic carbocycles. The van der Waals surface area contributed by atoms with Gasteiger partial charge in [-0.1, -0.05) is 13.8 Å². The summed E-state index contributed by atoms with van der Waals surface area (Å²) in [5, 5.41) is 9.09. The quantitative estimate of drug-likeness (QED) is 0.842. The van der Waals surface area contributed by atoms with Crippen LogP contribution in [0.3, 0.4) is 0 Å². The molecule has 0 radical (unpaired) electrons. The van der Waals surface area contributed by atoms with Crippen molar-refractivity contribution in [2.75, 3.05) is 6.61 Å². The van der Waals surface area contributed by atoms with Crippen molar-refractivity contribution in [2.24, 2.45) is 5.92 Å². The summed E-state index contributed by atoms with van der Waals surface area (Å²) in [5.74, 6) is 0.0563. The lowest BCUT2D eigenvalue weighted by Crippen LogP contribution is -2.40. The second kappa shape index (κ2) is 5.27. The highest BCUT2D eigenvalue weighted by Gasteiger charge is 2.22. The van der Waals surface area contributed by atoms with Gasteiger partial charge in [0.1, 0.15) is 4.21 Å². The van der Waals surface area contributed by atoms with E-state index in [4.69, 9.17) is 5.11 Å². The van der Waals surface area contributed by atoms with Crippen molar-refractivity contribution in [1.82, 2.24) is 4.72 Å². The molecule has 2 N–H and O–H groups in total. The van der Waals surface area contributed by atoms with Gasteiger partial charge in [0.05, 0.1) is 6.61 Å². The third kappa shape index (κ3) is 3.28. The number of hydrogen-bond acceptors (Lipinski definition) is 4. The molecule has 1 unspecified atom stereocenters. The Kier molecular flexibility index (Phi) is 4.49. The monoisotopic (exact) mass is 263 g/mol. The van der Waals surface area contributed by atoms with Crippen molar-refractivity contribution in [2.45, 2.75) is 31.0 Å². The molecule has 0 aliphatic heterocycles. The van der Waals surface area contributed by atoms with Gasteiger partial charge in [-0.3, -0.25) is 0 Å². The molecule has 0 saturated heterocycles. The molecule has 92 valence electrons. The average Bonchev–Trinajstić information content (AvgIpc) is 2.61. The van der Waals surface area contributed by atoms with E-state index in [1.807, 2.05) is 20.8 Å². The van der Waals surface area contributed by atoms with Crippen molar-refractivity contribution >= 4 is 21.4 Å². The van der Waals surface area contributed by atoms with Gasteiger partial charge in [0.25, 0.3) is 0 Å². The SMILES string of the molecule is Cc1ccc(S(=O)(=O)NC(CO)C(C)C)s1. The van der Waals surface area contributed by atoms with Crippen LogP contribution in [0.5, 0.6) is 0 Å². The second-order valence-electron chi connectivity index (χ2n) is 4.02. The largest absolute Gasteiger partial charge is 0.395 e. The number of aliphatic hydroxyl groups excluding tert-OH is 1. The number of rotatable bonds is 5. The highest BCUT2D eigenvalue weighted by atomic mass is 32.2. The third-order valence-electron chi connectivity index (χ3n) is 2.29. The fraction of sp³-hybridized carbons (Fsp3) is 0.600. The van der Waals surface area contributed by atoms with Crippen molar-refractivity contribution in [3.05, 3.63) is 17.0 Å². The number of hydrogen-bond donors (Lipinski definition) is 2. The number of sulfonamides is 1. The summed E-state index contributed by atoms with van der Waals surface area (Å²) in [4.78, 5) is 0.950. The van der Waals surface area contributed by atoms with Crippen molar-refractivity contribution < 1.29 is 13.5 Å². The molecule has 0 fully saturated rings. The van der Waals surface area contributed by atoms with Gasteiger partial charge in [-0.2, -0.15) is 0 Å². The maximum Gasteiger partial charge on any atom is 0.250 e. The van der Waals surface area contributed by atoms with Crippen molar-refractivity contribution in [3.63, 3.8) is 0 Å². The fourth-order valence-electron chi connectivity index (χ4n) is 1.20. The molecule has 4 nitrogen and oxygen atoms in total. The lowest BCUT2D eigenvalue weighted by atomic mass is 10.1. The molecule has 1 heterocycles. The summed E-state index contributed by atoms with van der Waals surface area (Å²) in [6.07, 6.45) is 0. The van der Waals surface area contributed by atoms with E-state index in [1.54, 1.807) is 12.1 Å². The van der Waals surface area contributed by atoms with Crippen LogP contribution >= 0.6 is 11.3 Å². The molecule has 1 rings (SSSR count). The van der Waals surface area contributed by atoms with Crippen LogP contribution in [0.2, 0.25) is 0 Å². The predicted octanol–water partition coefficient (Wildman–Crippen LogP) is 1.35. The Morgan fingerprint density at radius 3 is 2.44 bits per heavy atom. The minimum Gasteiger partial charge on any atom is -0.395 e. The summed E-state index contributed by atoms with van der Waals surface area (Å²) < 4.78 is 26.6. The van der Waals surface area contributed by atoms with Gasteiger partial charge >= 0.3 is 0 Å². The molecule has 1 atom stereocenters. The number of thiophene rings is 1. The van der Waals surface area contributed by atoms with Gasteiger partial charge in [-0.05, 0) is 25.0 Å². The van der Waals surface area contributed by atoms with Gasteiger partial charge in [-0.25, -0.2) is 13.1 Å². The summed E-state index contributed by atoms with van der Waals surface area (Å²) in [6.45, 7) is 5.39. The summed E-state index contributed by atoms with van der Waals surface area (Å²) >= 11 is 1.23. The highest BCUT2D eigenvalue weighted by Crippen LogP contribution is 2.21. The number of aryl methyl sites for hydroxylation is 1. The zero-order chi connectivity index (χ0) is 12.3. The Morgan fingerprint density at radius 2 is 2.06 bits per heavy atom. The van der Waals surface area contributed by atoms with Gasteiger partial charge in [0.15, 0.2) is 0 Å². The van der Waals surface area contributed by atoms with E-state index in [1.165, 1.54) is 11.3 Å². The first-order valence-corrected chi connectivity index (χ1v) is 7.36. The molecule has 0 aromatic carbocycles. The molecule has 16 heavy (non-hydrogen) atoms. The van der Waals surface area contributed by atoms with Crippen LogP contribution in [0.25, 0.3) is 0 Å². The number of nitrogens with one attached hydrogen (secondary N) is 1. The third-order valence-corrected chi connectivity index (χ3v) is 5.27.